The van der Waals surface area contributed by atoms with Crippen LogP contribution in [0, 0.1) is 0 Å². The number of allylic oxidation sites excluding steroid dienone is 2. The Morgan fingerprint density at radius 1 is 1.38 bits per heavy atom. The molecule has 1 rings (SSSR count). The maximum atomic E-state index is 2.17. The van der Waals surface area contributed by atoms with Gasteiger partial charge >= 0.3 is 0 Å². The minimum absolute atomic E-state index is 0.569. The van der Waals surface area contributed by atoms with Crippen molar-refractivity contribution in [2.24, 2.45) is 0 Å². The number of hydrogen-bond acceptors (Lipinski definition) is 1. The highest BCUT2D eigenvalue weighted by molar-refractivity contribution is 5.11. The summed E-state index contributed by atoms with van der Waals surface area (Å²) in [5.41, 5.74) is 0. The predicted molar refractivity (Wildman–Crippen MR) is 35.5 cm³/mol. The molecule has 0 aromatic carbocycles. The molecule has 1 heterocycles. The zero-order valence-electron chi connectivity index (χ0n) is 5.33. The molecule has 0 amide bonds. The maximum absolute atomic E-state index is 2.17. The van der Waals surface area contributed by atoms with Crippen molar-refractivity contribution in [2.75, 3.05) is 7.05 Å². The number of likely N-dealkylation sites (N-methyl/N-ethyl adjacent to an activating group) is 1. The van der Waals surface area contributed by atoms with Gasteiger partial charge in [0.2, 0.25) is 0 Å². The Balaban J connectivity index is 2.59. The Morgan fingerprint density at radius 2 is 2.12 bits per heavy atom. The van der Waals surface area contributed by atoms with Gasteiger partial charge in [0.05, 0.1) is 0 Å². The second-order valence-electron chi connectivity index (χ2n) is 2.13. The molecule has 0 aliphatic carbocycles. The molecule has 0 aromatic heterocycles. The van der Waals surface area contributed by atoms with Crippen molar-refractivity contribution in [3.05, 3.63) is 24.4 Å². The summed E-state index contributed by atoms with van der Waals surface area (Å²) >= 11 is 0. The Labute approximate surface area is 50.3 Å². The molecule has 44 valence electrons. The molecule has 1 atom stereocenters. The van der Waals surface area contributed by atoms with Crippen LogP contribution < -0.4 is 0 Å². The van der Waals surface area contributed by atoms with Crippen molar-refractivity contribution in [1.29, 1.82) is 0 Å². The lowest BCUT2D eigenvalue weighted by atomic mass is 10.2. The van der Waals surface area contributed by atoms with Crippen molar-refractivity contribution < 1.29 is 0 Å². The first-order valence-electron chi connectivity index (χ1n) is 2.87. The molecular formula is C7H11N. The summed E-state index contributed by atoms with van der Waals surface area (Å²) < 4.78 is 0. The summed E-state index contributed by atoms with van der Waals surface area (Å²) in [6.45, 7) is 2.17. The fourth-order valence-electron chi connectivity index (χ4n) is 0.682. The summed E-state index contributed by atoms with van der Waals surface area (Å²) in [5, 5.41) is 0. The topological polar surface area (TPSA) is 3.24 Å². The molecule has 0 aromatic rings. The van der Waals surface area contributed by atoms with E-state index in [0.29, 0.717) is 6.04 Å². The van der Waals surface area contributed by atoms with E-state index in [4.69, 9.17) is 0 Å². The second-order valence-corrected chi connectivity index (χ2v) is 2.13. The molecule has 0 spiro atoms. The van der Waals surface area contributed by atoms with Crippen LogP contribution in [0.2, 0.25) is 0 Å². The molecular weight excluding hydrogens is 98.1 g/mol. The molecule has 0 saturated heterocycles. The first-order valence-corrected chi connectivity index (χ1v) is 2.87. The van der Waals surface area contributed by atoms with Gasteiger partial charge in [0.25, 0.3) is 0 Å². The molecule has 1 nitrogen and oxygen atoms in total. The van der Waals surface area contributed by atoms with Gasteiger partial charge < -0.3 is 4.90 Å². The van der Waals surface area contributed by atoms with Crippen LogP contribution in [0.25, 0.3) is 0 Å². The number of hydrogen-bond donors (Lipinski definition) is 0. The van der Waals surface area contributed by atoms with E-state index in [-0.39, 0.29) is 0 Å². The lowest BCUT2D eigenvalue weighted by Crippen LogP contribution is -2.22. The predicted octanol–water partition coefficient (Wildman–Crippen LogP) is 1.39. The standard InChI is InChI=1S/C7H11N/c1-7-5-3-4-6-8(7)2/h3-7H,1-2H3. The first kappa shape index (κ1) is 5.42. The van der Waals surface area contributed by atoms with E-state index in [2.05, 4.69) is 37.2 Å². The second kappa shape index (κ2) is 2.03. The van der Waals surface area contributed by atoms with E-state index in [1.54, 1.807) is 0 Å². The summed E-state index contributed by atoms with van der Waals surface area (Å²) in [7, 11) is 2.07. The van der Waals surface area contributed by atoms with Gasteiger partial charge in [-0.3, -0.25) is 0 Å². The van der Waals surface area contributed by atoms with E-state index >= 15 is 0 Å². The average Bonchev–Trinajstić information content (AvgIpc) is 1.77. The van der Waals surface area contributed by atoms with Crippen molar-refractivity contribution in [1.82, 2.24) is 4.90 Å². The fourth-order valence-corrected chi connectivity index (χ4v) is 0.682. The highest BCUT2D eigenvalue weighted by Crippen LogP contribution is 2.02. The Morgan fingerprint density at radius 3 is 2.50 bits per heavy atom. The van der Waals surface area contributed by atoms with Crippen molar-refractivity contribution in [3.63, 3.8) is 0 Å². The van der Waals surface area contributed by atoms with Crippen LogP contribution in [-0.4, -0.2) is 18.0 Å². The average molecular weight is 109 g/mol. The van der Waals surface area contributed by atoms with Gasteiger partial charge in [0, 0.05) is 13.1 Å². The van der Waals surface area contributed by atoms with Crippen molar-refractivity contribution in [2.45, 2.75) is 13.0 Å². The van der Waals surface area contributed by atoms with Crippen LogP contribution >= 0.6 is 0 Å². The van der Waals surface area contributed by atoms with Gasteiger partial charge in [-0.25, -0.2) is 0 Å². The van der Waals surface area contributed by atoms with Crippen LogP contribution in [0.4, 0.5) is 0 Å². The third kappa shape index (κ3) is 0.915. The SMILES string of the molecule is CC1C=CC=CN1C. The molecule has 0 N–H and O–H groups in total. The number of nitrogens with zero attached hydrogens (tertiary/aromatic N) is 1. The molecule has 0 fully saturated rings. The smallest absolute Gasteiger partial charge is 0.0439 e. The summed E-state index contributed by atoms with van der Waals surface area (Å²) in [6, 6.07) is 0.569. The van der Waals surface area contributed by atoms with Gasteiger partial charge in [0.15, 0.2) is 0 Å². The minimum Gasteiger partial charge on any atom is -0.374 e. The molecule has 8 heavy (non-hydrogen) atoms. The molecule has 1 aliphatic heterocycles. The van der Waals surface area contributed by atoms with Gasteiger partial charge in [-0.05, 0) is 19.2 Å². The van der Waals surface area contributed by atoms with Crippen LogP contribution in [0.15, 0.2) is 24.4 Å². The largest absolute Gasteiger partial charge is 0.374 e. The van der Waals surface area contributed by atoms with E-state index in [0.717, 1.165) is 0 Å². The van der Waals surface area contributed by atoms with Crippen LogP contribution in [0.3, 0.4) is 0 Å². The monoisotopic (exact) mass is 109 g/mol. The zero-order chi connectivity index (χ0) is 5.98. The highest BCUT2D eigenvalue weighted by Gasteiger charge is 2.00. The quantitative estimate of drug-likeness (QED) is 0.454. The highest BCUT2D eigenvalue weighted by atomic mass is 15.1. The van der Waals surface area contributed by atoms with Gasteiger partial charge in [-0.15, -0.1) is 0 Å². The molecule has 0 bridgehead atoms. The third-order valence-electron chi connectivity index (χ3n) is 1.46. The third-order valence-corrected chi connectivity index (χ3v) is 1.46. The molecule has 1 aliphatic rings. The van der Waals surface area contributed by atoms with Crippen LogP contribution in [-0.2, 0) is 0 Å². The van der Waals surface area contributed by atoms with Crippen molar-refractivity contribution in [3.8, 4) is 0 Å². The van der Waals surface area contributed by atoms with Crippen LogP contribution in [0.5, 0.6) is 0 Å². The van der Waals surface area contributed by atoms with Gasteiger partial charge in [0.1, 0.15) is 0 Å². The van der Waals surface area contributed by atoms with Crippen molar-refractivity contribution >= 4 is 0 Å². The summed E-state index contributed by atoms with van der Waals surface area (Å²) in [5.74, 6) is 0. The van der Waals surface area contributed by atoms with Gasteiger partial charge in [-0.2, -0.15) is 0 Å². The van der Waals surface area contributed by atoms with E-state index in [1.165, 1.54) is 0 Å². The zero-order valence-corrected chi connectivity index (χ0v) is 5.33. The lowest BCUT2D eigenvalue weighted by molar-refractivity contribution is 0.403. The van der Waals surface area contributed by atoms with E-state index < -0.39 is 0 Å². The minimum atomic E-state index is 0.569. The van der Waals surface area contributed by atoms with E-state index in [1.807, 2.05) is 6.08 Å². The maximum Gasteiger partial charge on any atom is 0.0439 e. The van der Waals surface area contributed by atoms with Gasteiger partial charge in [-0.1, -0.05) is 12.2 Å². The number of rotatable bonds is 0. The molecule has 1 unspecified atom stereocenters. The Hall–Kier alpha value is -0.720. The normalized spacial score (nSPS) is 26.8. The molecule has 0 saturated carbocycles. The molecule has 0 radical (unpaired) electrons. The van der Waals surface area contributed by atoms with E-state index in [9.17, 15) is 0 Å². The fraction of sp³-hybridized carbons (Fsp3) is 0.429. The summed E-state index contributed by atoms with van der Waals surface area (Å²) in [6.07, 6.45) is 8.36. The Bertz CT molecular complexity index is 108. The Kier molecular flexibility index (Phi) is 1.38. The lowest BCUT2D eigenvalue weighted by Gasteiger charge is -2.21. The van der Waals surface area contributed by atoms with Crippen LogP contribution in [0.1, 0.15) is 6.92 Å². The first-order chi connectivity index (χ1) is 3.80. The molecule has 1 heteroatoms. The summed E-state index contributed by atoms with van der Waals surface area (Å²) in [4.78, 5) is 2.17.